The number of ether oxygens (including phenoxy) is 1. The van der Waals surface area contributed by atoms with E-state index in [2.05, 4.69) is 15.3 Å². The standard InChI is InChI=1S/C20H24N4O4/c1-13(2)19(27)23-16-8-6-15(7-9-16)18(26)14(3)28-17(25)12-24(4)20-21-10-5-11-22-20/h5-11,13-14H,12H2,1-4H3,(H,23,27). The quantitative estimate of drug-likeness (QED) is 0.550. The van der Waals surface area contributed by atoms with Crippen LogP contribution in [0.1, 0.15) is 31.1 Å². The maximum Gasteiger partial charge on any atom is 0.326 e. The van der Waals surface area contributed by atoms with Crippen LogP contribution in [0.2, 0.25) is 0 Å². The lowest BCUT2D eigenvalue weighted by molar-refractivity contribution is -0.144. The number of rotatable bonds is 8. The minimum atomic E-state index is -0.936. The Hall–Kier alpha value is -3.29. The Morgan fingerprint density at radius 3 is 2.25 bits per heavy atom. The molecule has 1 aromatic carbocycles. The van der Waals surface area contributed by atoms with Crippen molar-refractivity contribution in [1.29, 1.82) is 0 Å². The Morgan fingerprint density at radius 1 is 1.07 bits per heavy atom. The summed E-state index contributed by atoms with van der Waals surface area (Å²) in [6.07, 6.45) is 2.21. The van der Waals surface area contributed by atoms with Crippen molar-refractivity contribution in [3.8, 4) is 0 Å². The second-order valence-electron chi connectivity index (χ2n) is 6.62. The number of aromatic nitrogens is 2. The predicted molar refractivity (Wildman–Crippen MR) is 105 cm³/mol. The number of Topliss-reactive ketones (excluding diaryl/α,β-unsaturated/α-hetero) is 1. The van der Waals surface area contributed by atoms with Gasteiger partial charge in [0.2, 0.25) is 17.6 Å². The summed E-state index contributed by atoms with van der Waals surface area (Å²) in [5.74, 6) is -0.740. The van der Waals surface area contributed by atoms with Crippen LogP contribution in [-0.2, 0) is 14.3 Å². The van der Waals surface area contributed by atoms with Crippen molar-refractivity contribution in [1.82, 2.24) is 9.97 Å². The molecule has 1 aromatic heterocycles. The third-order valence-electron chi connectivity index (χ3n) is 3.90. The molecule has 1 amide bonds. The zero-order chi connectivity index (χ0) is 20.7. The van der Waals surface area contributed by atoms with Gasteiger partial charge in [-0.05, 0) is 37.3 Å². The Balaban J connectivity index is 1.91. The van der Waals surface area contributed by atoms with Gasteiger partial charge < -0.3 is 15.0 Å². The summed E-state index contributed by atoms with van der Waals surface area (Å²) in [4.78, 5) is 45.9. The van der Waals surface area contributed by atoms with Gasteiger partial charge in [0.25, 0.3) is 0 Å². The number of nitrogens with zero attached hydrogens (tertiary/aromatic N) is 3. The third-order valence-corrected chi connectivity index (χ3v) is 3.90. The van der Waals surface area contributed by atoms with Crippen molar-refractivity contribution in [3.63, 3.8) is 0 Å². The van der Waals surface area contributed by atoms with Crippen molar-refractivity contribution >= 4 is 29.3 Å². The van der Waals surface area contributed by atoms with Gasteiger partial charge in [-0.15, -0.1) is 0 Å². The van der Waals surface area contributed by atoms with E-state index in [-0.39, 0.29) is 24.2 Å². The number of nitrogens with one attached hydrogen (secondary N) is 1. The van der Waals surface area contributed by atoms with E-state index in [4.69, 9.17) is 4.74 Å². The molecule has 0 saturated carbocycles. The number of hydrogen-bond donors (Lipinski definition) is 1. The minimum Gasteiger partial charge on any atom is -0.453 e. The van der Waals surface area contributed by atoms with Crippen LogP contribution in [0.3, 0.4) is 0 Å². The second kappa shape index (κ2) is 9.59. The smallest absolute Gasteiger partial charge is 0.326 e. The van der Waals surface area contributed by atoms with Gasteiger partial charge in [0.1, 0.15) is 6.54 Å². The van der Waals surface area contributed by atoms with E-state index in [9.17, 15) is 14.4 Å². The first kappa shape index (κ1) is 21.0. The molecule has 8 nitrogen and oxygen atoms in total. The highest BCUT2D eigenvalue weighted by Crippen LogP contribution is 2.14. The molecule has 8 heteroatoms. The SMILES string of the molecule is CC(C)C(=O)Nc1ccc(C(=O)C(C)OC(=O)CN(C)c2ncccn2)cc1. The van der Waals surface area contributed by atoms with Gasteiger partial charge >= 0.3 is 5.97 Å². The fraction of sp³-hybridized carbons (Fsp3) is 0.350. The minimum absolute atomic E-state index is 0.0815. The number of benzene rings is 1. The average Bonchev–Trinajstić information content (AvgIpc) is 2.68. The van der Waals surface area contributed by atoms with Crippen LogP contribution < -0.4 is 10.2 Å². The summed E-state index contributed by atoms with van der Waals surface area (Å²) in [7, 11) is 1.66. The van der Waals surface area contributed by atoms with Crippen molar-refractivity contribution < 1.29 is 19.1 Å². The second-order valence-corrected chi connectivity index (χ2v) is 6.62. The molecule has 0 fully saturated rings. The summed E-state index contributed by atoms with van der Waals surface area (Å²) in [6.45, 7) is 5.03. The molecule has 0 saturated heterocycles. The molecular weight excluding hydrogens is 360 g/mol. The molecular formula is C20H24N4O4. The largest absolute Gasteiger partial charge is 0.453 e. The van der Waals surface area contributed by atoms with E-state index in [0.717, 1.165) is 0 Å². The highest BCUT2D eigenvalue weighted by Gasteiger charge is 2.21. The Kier molecular flexibility index (Phi) is 7.20. The Bertz CT molecular complexity index is 822. The molecule has 1 atom stereocenters. The van der Waals surface area contributed by atoms with E-state index in [1.165, 1.54) is 11.8 Å². The van der Waals surface area contributed by atoms with Crippen LogP contribution in [0.15, 0.2) is 42.7 Å². The Morgan fingerprint density at radius 2 is 1.68 bits per heavy atom. The first-order valence-corrected chi connectivity index (χ1v) is 8.90. The lowest BCUT2D eigenvalue weighted by Gasteiger charge is -2.18. The maximum atomic E-state index is 12.5. The molecule has 1 unspecified atom stereocenters. The molecule has 0 aliphatic carbocycles. The highest BCUT2D eigenvalue weighted by atomic mass is 16.5. The number of hydrogen-bond acceptors (Lipinski definition) is 7. The summed E-state index contributed by atoms with van der Waals surface area (Å²) in [5, 5.41) is 2.75. The topological polar surface area (TPSA) is 101 Å². The van der Waals surface area contributed by atoms with E-state index in [1.54, 1.807) is 63.6 Å². The predicted octanol–water partition coefficient (Wildman–Crippen LogP) is 2.32. The molecule has 1 N–H and O–H groups in total. The van der Waals surface area contributed by atoms with E-state index < -0.39 is 12.1 Å². The first-order chi connectivity index (χ1) is 13.3. The molecule has 0 aliphatic heterocycles. The molecule has 28 heavy (non-hydrogen) atoms. The number of ketones is 1. The molecule has 0 bridgehead atoms. The molecule has 2 aromatic rings. The lowest BCUT2D eigenvalue weighted by Crippen LogP contribution is -2.32. The molecule has 0 aliphatic rings. The van der Waals surface area contributed by atoms with Gasteiger partial charge in [0.05, 0.1) is 0 Å². The van der Waals surface area contributed by atoms with Gasteiger partial charge in [-0.1, -0.05) is 13.8 Å². The number of anilines is 2. The zero-order valence-corrected chi connectivity index (χ0v) is 16.4. The van der Waals surface area contributed by atoms with E-state index in [1.807, 2.05) is 0 Å². The van der Waals surface area contributed by atoms with Crippen LogP contribution in [0.4, 0.5) is 11.6 Å². The molecule has 0 spiro atoms. The summed E-state index contributed by atoms with van der Waals surface area (Å²) < 4.78 is 5.23. The maximum absolute atomic E-state index is 12.5. The number of likely N-dealkylation sites (N-methyl/N-ethyl adjacent to an activating group) is 1. The van der Waals surface area contributed by atoms with Crippen molar-refractivity contribution in [2.45, 2.75) is 26.9 Å². The third kappa shape index (κ3) is 5.87. The molecule has 1 heterocycles. The molecule has 148 valence electrons. The number of esters is 1. The summed E-state index contributed by atoms with van der Waals surface area (Å²) in [6, 6.07) is 8.14. The van der Waals surface area contributed by atoms with Crippen molar-refractivity contribution in [3.05, 3.63) is 48.3 Å². The normalized spacial score (nSPS) is 11.6. The summed E-state index contributed by atoms with van der Waals surface area (Å²) in [5.41, 5.74) is 0.993. The molecule has 0 radical (unpaired) electrons. The highest BCUT2D eigenvalue weighted by molar-refractivity contribution is 6.01. The molecule has 2 rings (SSSR count). The summed E-state index contributed by atoms with van der Waals surface area (Å²) >= 11 is 0. The fourth-order valence-electron chi connectivity index (χ4n) is 2.28. The van der Waals surface area contributed by atoms with Crippen LogP contribution in [0.5, 0.6) is 0 Å². The lowest BCUT2D eigenvalue weighted by atomic mass is 10.1. The number of carbonyl (C=O) groups is 3. The first-order valence-electron chi connectivity index (χ1n) is 8.90. The fourth-order valence-corrected chi connectivity index (χ4v) is 2.28. The van der Waals surface area contributed by atoms with Gasteiger partial charge in [0, 0.05) is 36.6 Å². The van der Waals surface area contributed by atoms with Gasteiger partial charge in [0.15, 0.2) is 6.10 Å². The van der Waals surface area contributed by atoms with E-state index >= 15 is 0 Å². The van der Waals surface area contributed by atoms with Crippen molar-refractivity contribution in [2.24, 2.45) is 5.92 Å². The average molecular weight is 384 g/mol. The van der Waals surface area contributed by atoms with Crippen LogP contribution in [0, 0.1) is 5.92 Å². The van der Waals surface area contributed by atoms with Crippen molar-refractivity contribution in [2.75, 3.05) is 23.8 Å². The number of carbonyl (C=O) groups excluding carboxylic acids is 3. The van der Waals surface area contributed by atoms with Crippen LogP contribution >= 0.6 is 0 Å². The van der Waals surface area contributed by atoms with Crippen LogP contribution in [-0.4, -0.2) is 47.3 Å². The van der Waals surface area contributed by atoms with Gasteiger partial charge in [-0.25, -0.2) is 9.97 Å². The monoisotopic (exact) mass is 384 g/mol. The number of amides is 1. The van der Waals surface area contributed by atoms with Gasteiger partial charge in [-0.2, -0.15) is 0 Å². The van der Waals surface area contributed by atoms with E-state index in [0.29, 0.717) is 17.2 Å². The van der Waals surface area contributed by atoms with Gasteiger partial charge in [-0.3, -0.25) is 14.4 Å². The Labute approximate surface area is 163 Å². The van der Waals surface area contributed by atoms with Crippen LogP contribution in [0.25, 0.3) is 0 Å². The zero-order valence-electron chi connectivity index (χ0n) is 16.4.